The number of aryl methyl sites for hydroxylation is 2. The molecule has 0 saturated carbocycles. The van der Waals surface area contributed by atoms with Crippen molar-refractivity contribution in [3.05, 3.63) is 46.8 Å². The number of halogens is 1. The number of aromatic nitrogens is 1. The minimum Gasteiger partial charge on any atom is -0.361 e. The molecule has 0 bridgehead atoms. The zero-order valence-corrected chi connectivity index (χ0v) is 16.1. The lowest BCUT2D eigenvalue weighted by atomic mass is 10.1. The Morgan fingerprint density at radius 3 is 2.88 bits per heavy atom. The van der Waals surface area contributed by atoms with Gasteiger partial charge in [-0.2, -0.15) is 0 Å². The molecule has 136 valence electrons. The lowest BCUT2D eigenvalue weighted by molar-refractivity contribution is 0.0927. The van der Waals surface area contributed by atoms with E-state index in [2.05, 4.69) is 15.8 Å². The Kier molecular flexibility index (Phi) is 7.35. The van der Waals surface area contributed by atoms with Crippen LogP contribution < -0.4 is 10.6 Å². The highest BCUT2D eigenvalue weighted by atomic mass is 35.5. The summed E-state index contributed by atoms with van der Waals surface area (Å²) in [5.74, 6) is 1.59. The second-order valence-electron chi connectivity index (χ2n) is 6.10. The molecule has 5 nitrogen and oxygen atoms in total. The van der Waals surface area contributed by atoms with Crippen molar-refractivity contribution in [3.8, 4) is 0 Å². The van der Waals surface area contributed by atoms with Crippen LogP contribution in [-0.2, 0) is 5.75 Å². The number of rotatable bonds is 5. The van der Waals surface area contributed by atoms with Crippen molar-refractivity contribution in [1.29, 1.82) is 0 Å². The third-order valence-corrected chi connectivity index (χ3v) is 5.42. The van der Waals surface area contributed by atoms with Crippen molar-refractivity contribution < 1.29 is 9.32 Å². The van der Waals surface area contributed by atoms with Gasteiger partial charge in [-0.05, 0) is 45.4 Å². The first-order chi connectivity index (χ1) is 11.6. The van der Waals surface area contributed by atoms with Gasteiger partial charge >= 0.3 is 0 Å². The van der Waals surface area contributed by atoms with Crippen LogP contribution in [-0.4, -0.2) is 30.2 Å². The lowest BCUT2D eigenvalue weighted by Gasteiger charge is -2.24. The number of piperidine rings is 1. The number of hydrogen-bond donors (Lipinski definition) is 2. The average molecular weight is 382 g/mol. The fourth-order valence-electron chi connectivity index (χ4n) is 2.88. The minimum atomic E-state index is 0. The van der Waals surface area contributed by atoms with E-state index in [1.54, 1.807) is 11.8 Å². The number of benzene rings is 1. The Morgan fingerprint density at radius 1 is 1.40 bits per heavy atom. The molecule has 1 aromatic heterocycles. The average Bonchev–Trinajstić information content (AvgIpc) is 2.92. The van der Waals surface area contributed by atoms with Crippen molar-refractivity contribution in [2.24, 2.45) is 0 Å². The quantitative estimate of drug-likeness (QED) is 0.776. The summed E-state index contributed by atoms with van der Waals surface area (Å²) in [6.45, 7) is 5.75. The first-order valence-corrected chi connectivity index (χ1v) is 9.29. The smallest absolute Gasteiger partial charge is 0.252 e. The summed E-state index contributed by atoms with van der Waals surface area (Å²) < 4.78 is 5.21. The molecule has 1 saturated heterocycles. The van der Waals surface area contributed by atoms with Crippen molar-refractivity contribution in [1.82, 2.24) is 15.8 Å². The van der Waals surface area contributed by atoms with Crippen LogP contribution >= 0.6 is 24.2 Å². The van der Waals surface area contributed by atoms with Crippen molar-refractivity contribution in [2.75, 3.05) is 13.1 Å². The van der Waals surface area contributed by atoms with Gasteiger partial charge in [-0.25, -0.2) is 0 Å². The van der Waals surface area contributed by atoms with Gasteiger partial charge in [0.1, 0.15) is 5.76 Å². The first kappa shape index (κ1) is 19.8. The fraction of sp³-hybridized carbons (Fsp3) is 0.444. The summed E-state index contributed by atoms with van der Waals surface area (Å²) in [4.78, 5) is 13.6. The predicted molar refractivity (Wildman–Crippen MR) is 103 cm³/mol. The first-order valence-electron chi connectivity index (χ1n) is 8.30. The van der Waals surface area contributed by atoms with Gasteiger partial charge in [-0.3, -0.25) is 4.79 Å². The summed E-state index contributed by atoms with van der Waals surface area (Å²) in [6.07, 6.45) is 2.14. The Bertz CT molecular complexity index is 695. The number of nitrogens with zero attached hydrogens (tertiary/aromatic N) is 1. The standard InChI is InChI=1S/C18H23N3O2S.ClH/c1-12-16(13(2)23-21-12)11-24-17-8-4-3-7-15(17)18(22)20-14-6-5-9-19-10-14;/h3-4,7-8,14,19H,5-6,9-11H2,1-2H3,(H,20,22);1H/t14-;/m0./s1. The molecule has 2 heterocycles. The number of carbonyl (C=O) groups excluding carboxylic acids is 1. The van der Waals surface area contributed by atoms with Crippen molar-refractivity contribution in [3.63, 3.8) is 0 Å². The van der Waals surface area contributed by atoms with E-state index in [1.807, 2.05) is 38.1 Å². The van der Waals surface area contributed by atoms with E-state index in [1.165, 1.54) is 0 Å². The molecule has 1 atom stereocenters. The van der Waals surface area contributed by atoms with Crippen LogP contribution in [0.3, 0.4) is 0 Å². The molecular weight excluding hydrogens is 358 g/mol. The molecule has 0 spiro atoms. The molecule has 1 fully saturated rings. The summed E-state index contributed by atoms with van der Waals surface area (Å²) in [5, 5.41) is 10.5. The maximum Gasteiger partial charge on any atom is 0.252 e. The van der Waals surface area contributed by atoms with Crippen molar-refractivity contribution >= 4 is 30.1 Å². The highest BCUT2D eigenvalue weighted by Gasteiger charge is 2.19. The molecule has 1 aliphatic rings. The topological polar surface area (TPSA) is 67.2 Å². The van der Waals surface area contributed by atoms with Gasteiger partial charge in [0.15, 0.2) is 0 Å². The Morgan fingerprint density at radius 2 is 2.20 bits per heavy atom. The van der Waals surface area contributed by atoms with E-state index in [0.717, 1.165) is 59.2 Å². The van der Waals surface area contributed by atoms with E-state index >= 15 is 0 Å². The monoisotopic (exact) mass is 381 g/mol. The second kappa shape index (κ2) is 9.27. The third kappa shape index (κ3) is 5.00. The number of amides is 1. The van der Waals surface area contributed by atoms with Crippen LogP contribution in [0.5, 0.6) is 0 Å². The molecule has 1 aromatic carbocycles. The number of hydrogen-bond acceptors (Lipinski definition) is 5. The van der Waals surface area contributed by atoms with Gasteiger partial charge in [0.25, 0.3) is 5.91 Å². The molecular formula is C18H24ClN3O2S. The molecule has 0 radical (unpaired) electrons. The van der Waals surface area contributed by atoms with E-state index in [0.29, 0.717) is 0 Å². The normalized spacial score (nSPS) is 17.0. The number of carbonyl (C=O) groups is 1. The lowest BCUT2D eigenvalue weighted by Crippen LogP contribution is -2.45. The summed E-state index contributed by atoms with van der Waals surface area (Å²) in [5.41, 5.74) is 2.75. The van der Waals surface area contributed by atoms with Gasteiger partial charge < -0.3 is 15.2 Å². The highest BCUT2D eigenvalue weighted by Crippen LogP contribution is 2.28. The van der Waals surface area contributed by atoms with E-state index in [-0.39, 0.29) is 24.4 Å². The Labute approximate surface area is 158 Å². The molecule has 3 rings (SSSR count). The maximum atomic E-state index is 12.6. The summed E-state index contributed by atoms with van der Waals surface area (Å²) >= 11 is 1.65. The molecule has 0 unspecified atom stereocenters. The van der Waals surface area contributed by atoms with E-state index in [9.17, 15) is 4.79 Å². The van der Waals surface area contributed by atoms with E-state index < -0.39 is 0 Å². The van der Waals surface area contributed by atoms with Crippen LogP contribution in [0.1, 0.15) is 40.2 Å². The van der Waals surface area contributed by atoms with Gasteiger partial charge in [-0.1, -0.05) is 17.3 Å². The number of thioether (sulfide) groups is 1. The second-order valence-corrected chi connectivity index (χ2v) is 7.12. The Hall–Kier alpha value is -1.50. The van der Waals surface area contributed by atoms with Gasteiger partial charge in [0.2, 0.25) is 0 Å². The van der Waals surface area contributed by atoms with Crippen LogP contribution in [0.15, 0.2) is 33.7 Å². The van der Waals surface area contributed by atoms with Gasteiger partial charge in [-0.15, -0.1) is 24.2 Å². The number of nitrogens with one attached hydrogen (secondary N) is 2. The van der Waals surface area contributed by atoms with Crippen molar-refractivity contribution in [2.45, 2.75) is 43.4 Å². The SMILES string of the molecule is Cc1noc(C)c1CSc1ccccc1C(=O)N[C@H]1CCCNC1.Cl. The predicted octanol–water partition coefficient (Wildman–Crippen LogP) is 3.49. The maximum absolute atomic E-state index is 12.6. The molecule has 2 aromatic rings. The fourth-order valence-corrected chi connectivity index (χ4v) is 4.08. The van der Waals surface area contributed by atoms with Crippen LogP contribution in [0.2, 0.25) is 0 Å². The van der Waals surface area contributed by atoms with Gasteiger partial charge in [0, 0.05) is 28.8 Å². The molecule has 2 N–H and O–H groups in total. The zero-order valence-electron chi connectivity index (χ0n) is 14.5. The molecule has 1 aliphatic heterocycles. The molecule has 1 amide bonds. The Balaban J connectivity index is 0.00000225. The third-order valence-electron chi connectivity index (χ3n) is 4.32. The summed E-state index contributed by atoms with van der Waals surface area (Å²) in [6, 6.07) is 7.98. The molecule has 25 heavy (non-hydrogen) atoms. The van der Waals surface area contributed by atoms with E-state index in [4.69, 9.17) is 4.52 Å². The van der Waals surface area contributed by atoms with Gasteiger partial charge in [0.05, 0.1) is 11.3 Å². The minimum absolute atomic E-state index is 0. The van der Waals surface area contributed by atoms with Crippen LogP contribution in [0, 0.1) is 13.8 Å². The zero-order chi connectivity index (χ0) is 16.9. The summed E-state index contributed by atoms with van der Waals surface area (Å²) in [7, 11) is 0. The van der Waals surface area contributed by atoms with Crippen LogP contribution in [0.4, 0.5) is 0 Å². The molecule has 0 aliphatic carbocycles. The van der Waals surface area contributed by atoms with Crippen LogP contribution in [0.25, 0.3) is 0 Å². The highest BCUT2D eigenvalue weighted by molar-refractivity contribution is 7.98. The largest absolute Gasteiger partial charge is 0.361 e. The molecule has 7 heteroatoms.